The largest absolute Gasteiger partial charge is 0.460 e. The monoisotopic (exact) mass is 409 g/mol. The third-order valence-electron chi connectivity index (χ3n) is 4.46. The Morgan fingerprint density at radius 3 is 2.62 bits per heavy atom. The summed E-state index contributed by atoms with van der Waals surface area (Å²) in [5.74, 6) is 0.838. The second-order valence-electron chi connectivity index (χ2n) is 6.72. The molecule has 0 saturated heterocycles. The van der Waals surface area contributed by atoms with Gasteiger partial charge in [0.25, 0.3) is 0 Å². The number of thioether (sulfide) groups is 1. The molecule has 1 N–H and O–H groups in total. The van der Waals surface area contributed by atoms with Crippen molar-refractivity contribution in [1.29, 1.82) is 0 Å². The Morgan fingerprint density at radius 1 is 1.14 bits per heavy atom. The summed E-state index contributed by atoms with van der Waals surface area (Å²) in [7, 11) is 0. The molecule has 0 aliphatic carbocycles. The fourth-order valence-electron chi connectivity index (χ4n) is 3.16. The molecule has 3 aromatic carbocycles. The number of rotatable bonds is 5. The van der Waals surface area contributed by atoms with Crippen molar-refractivity contribution >= 4 is 23.4 Å². The van der Waals surface area contributed by atoms with Crippen molar-refractivity contribution < 1.29 is 18.7 Å². The van der Waals surface area contributed by atoms with E-state index in [1.807, 2.05) is 54.6 Å². The summed E-state index contributed by atoms with van der Waals surface area (Å²) >= 11 is 1.58. The highest BCUT2D eigenvalue weighted by Crippen LogP contribution is 2.39. The van der Waals surface area contributed by atoms with Gasteiger partial charge in [-0.1, -0.05) is 30.3 Å². The summed E-state index contributed by atoms with van der Waals surface area (Å²) in [6.07, 6.45) is -0.505. The summed E-state index contributed by atoms with van der Waals surface area (Å²) in [4.78, 5) is 12.1. The van der Waals surface area contributed by atoms with E-state index < -0.39 is 6.29 Å². The van der Waals surface area contributed by atoms with Gasteiger partial charge in [0.1, 0.15) is 11.6 Å². The average Bonchev–Trinajstić information content (AvgIpc) is 2.73. The standard InChI is InChI=1S/C23H20FNO3S/c1-15(26)25-20-7-9-21(10-8-20)29-14-18-12-19(24)11-17-13-27-23(28-22(17)18)16-5-3-2-4-6-16/h2-12,23H,13-14H2,1H3,(H,25,26). The minimum absolute atomic E-state index is 0.107. The normalized spacial score (nSPS) is 15.3. The van der Waals surface area contributed by atoms with Crippen LogP contribution in [-0.2, 0) is 21.9 Å². The van der Waals surface area contributed by atoms with E-state index in [0.29, 0.717) is 23.7 Å². The molecule has 1 amide bonds. The Labute approximate surface area is 173 Å². The first-order valence-corrected chi connectivity index (χ1v) is 10.2. The molecule has 1 heterocycles. The fourth-order valence-corrected chi connectivity index (χ4v) is 4.02. The molecule has 1 aliphatic rings. The lowest BCUT2D eigenvalue weighted by molar-refractivity contribution is -0.114. The summed E-state index contributed by atoms with van der Waals surface area (Å²) in [5, 5.41) is 2.74. The van der Waals surface area contributed by atoms with Crippen LogP contribution in [0.1, 0.15) is 29.9 Å². The molecule has 0 radical (unpaired) electrons. The smallest absolute Gasteiger partial charge is 0.227 e. The minimum Gasteiger partial charge on any atom is -0.460 e. The maximum absolute atomic E-state index is 14.1. The van der Waals surface area contributed by atoms with Crippen molar-refractivity contribution in [3.05, 3.63) is 89.2 Å². The lowest BCUT2D eigenvalue weighted by Crippen LogP contribution is -2.19. The Kier molecular flexibility index (Phi) is 5.83. The van der Waals surface area contributed by atoms with Gasteiger partial charge in [0, 0.05) is 39.9 Å². The number of carbonyl (C=O) groups excluding carboxylic acids is 1. The highest BCUT2D eigenvalue weighted by molar-refractivity contribution is 7.98. The van der Waals surface area contributed by atoms with Crippen molar-refractivity contribution in [2.45, 2.75) is 30.5 Å². The summed E-state index contributed by atoms with van der Waals surface area (Å²) in [5.41, 5.74) is 3.18. The third-order valence-corrected chi connectivity index (χ3v) is 5.52. The number of hydrogen-bond donors (Lipinski definition) is 1. The van der Waals surface area contributed by atoms with Crippen LogP contribution in [-0.4, -0.2) is 5.91 Å². The summed E-state index contributed by atoms with van der Waals surface area (Å²) in [6, 6.07) is 20.2. The van der Waals surface area contributed by atoms with Crippen molar-refractivity contribution in [3.63, 3.8) is 0 Å². The van der Waals surface area contributed by atoms with Crippen LogP contribution in [0.25, 0.3) is 0 Å². The van der Waals surface area contributed by atoms with E-state index >= 15 is 0 Å². The van der Waals surface area contributed by atoms with Crippen LogP contribution in [0, 0.1) is 5.82 Å². The molecule has 4 rings (SSSR count). The molecule has 0 fully saturated rings. The third kappa shape index (κ3) is 4.78. The first-order valence-electron chi connectivity index (χ1n) is 9.23. The van der Waals surface area contributed by atoms with Gasteiger partial charge in [-0.25, -0.2) is 4.39 Å². The number of hydrogen-bond acceptors (Lipinski definition) is 4. The zero-order valence-corrected chi connectivity index (χ0v) is 16.7. The van der Waals surface area contributed by atoms with Crippen molar-refractivity contribution in [2.24, 2.45) is 0 Å². The Balaban J connectivity index is 1.51. The van der Waals surface area contributed by atoms with Crippen LogP contribution in [0.5, 0.6) is 5.75 Å². The van der Waals surface area contributed by atoms with Gasteiger partial charge >= 0.3 is 0 Å². The Bertz CT molecular complexity index is 1010. The molecule has 1 atom stereocenters. The average molecular weight is 409 g/mol. The molecule has 1 aliphatic heterocycles. The van der Waals surface area contributed by atoms with Crippen LogP contribution in [0.15, 0.2) is 71.6 Å². The zero-order valence-electron chi connectivity index (χ0n) is 15.9. The number of anilines is 1. The van der Waals surface area contributed by atoms with Gasteiger partial charge in [0.15, 0.2) is 0 Å². The van der Waals surface area contributed by atoms with Crippen LogP contribution < -0.4 is 10.1 Å². The van der Waals surface area contributed by atoms with E-state index in [9.17, 15) is 9.18 Å². The van der Waals surface area contributed by atoms with E-state index in [1.54, 1.807) is 11.8 Å². The second-order valence-corrected chi connectivity index (χ2v) is 7.77. The molecule has 29 heavy (non-hydrogen) atoms. The fraction of sp³-hybridized carbons (Fsp3) is 0.174. The number of halogens is 1. The zero-order chi connectivity index (χ0) is 20.2. The highest BCUT2D eigenvalue weighted by Gasteiger charge is 2.25. The van der Waals surface area contributed by atoms with Crippen molar-refractivity contribution in [2.75, 3.05) is 5.32 Å². The first-order chi connectivity index (χ1) is 14.1. The van der Waals surface area contributed by atoms with Crippen LogP contribution >= 0.6 is 11.8 Å². The van der Waals surface area contributed by atoms with Gasteiger partial charge < -0.3 is 14.8 Å². The van der Waals surface area contributed by atoms with E-state index in [-0.39, 0.29) is 11.7 Å². The van der Waals surface area contributed by atoms with E-state index in [0.717, 1.165) is 21.7 Å². The molecule has 0 bridgehead atoms. The van der Waals surface area contributed by atoms with Crippen molar-refractivity contribution in [1.82, 2.24) is 0 Å². The predicted molar refractivity (Wildman–Crippen MR) is 111 cm³/mol. The van der Waals surface area contributed by atoms with Gasteiger partial charge in [-0.2, -0.15) is 0 Å². The molecule has 0 spiro atoms. The number of ether oxygens (including phenoxy) is 2. The Hall–Kier alpha value is -2.83. The molecule has 148 valence electrons. The maximum atomic E-state index is 14.1. The minimum atomic E-state index is -0.505. The number of amides is 1. The first kappa shape index (κ1) is 19.5. The van der Waals surface area contributed by atoms with Gasteiger partial charge in [-0.05, 0) is 36.4 Å². The Morgan fingerprint density at radius 2 is 1.90 bits per heavy atom. The van der Waals surface area contributed by atoms with E-state index in [2.05, 4.69) is 5.32 Å². The van der Waals surface area contributed by atoms with Crippen molar-refractivity contribution in [3.8, 4) is 5.75 Å². The van der Waals surface area contributed by atoms with Gasteiger partial charge in [0.2, 0.25) is 12.2 Å². The number of carbonyl (C=O) groups is 1. The number of nitrogens with one attached hydrogen (secondary N) is 1. The van der Waals surface area contributed by atoms with E-state index in [4.69, 9.17) is 9.47 Å². The molecule has 0 aromatic heterocycles. The van der Waals surface area contributed by atoms with Gasteiger partial charge in [-0.15, -0.1) is 11.8 Å². The van der Waals surface area contributed by atoms with E-state index in [1.165, 1.54) is 19.1 Å². The van der Waals surface area contributed by atoms with Gasteiger partial charge in [0.05, 0.1) is 6.61 Å². The lowest BCUT2D eigenvalue weighted by atomic mass is 10.1. The second kappa shape index (κ2) is 8.68. The van der Waals surface area contributed by atoms with Gasteiger partial charge in [-0.3, -0.25) is 4.79 Å². The SMILES string of the molecule is CC(=O)Nc1ccc(SCc2cc(F)cc3c2OC(c2ccccc2)OC3)cc1. The molecule has 6 heteroatoms. The predicted octanol–water partition coefficient (Wildman–Crippen LogP) is 5.68. The summed E-state index contributed by atoms with van der Waals surface area (Å²) in [6.45, 7) is 1.78. The molecule has 1 unspecified atom stereocenters. The summed E-state index contributed by atoms with van der Waals surface area (Å²) < 4.78 is 26.0. The van der Waals surface area contributed by atoms with Crippen LogP contribution in [0.4, 0.5) is 10.1 Å². The lowest BCUT2D eigenvalue weighted by Gasteiger charge is -2.28. The maximum Gasteiger partial charge on any atom is 0.227 e. The molecule has 4 nitrogen and oxygen atoms in total. The van der Waals surface area contributed by atoms with Crippen LogP contribution in [0.2, 0.25) is 0 Å². The molecule has 0 saturated carbocycles. The topological polar surface area (TPSA) is 47.6 Å². The number of benzene rings is 3. The van der Waals surface area contributed by atoms with Crippen LogP contribution in [0.3, 0.4) is 0 Å². The molecular formula is C23H20FNO3S. The number of fused-ring (bicyclic) bond motifs is 1. The highest BCUT2D eigenvalue weighted by atomic mass is 32.2. The quantitative estimate of drug-likeness (QED) is 0.551. The molecular weight excluding hydrogens is 389 g/mol. The molecule has 3 aromatic rings.